The summed E-state index contributed by atoms with van der Waals surface area (Å²) >= 11 is 5.94. The number of carbonyl (C=O) groups is 2. The first-order chi connectivity index (χ1) is 15.4. The van der Waals surface area contributed by atoms with Gasteiger partial charge in [-0.25, -0.2) is 4.98 Å². The Balaban J connectivity index is 1.47. The van der Waals surface area contributed by atoms with Crippen LogP contribution in [0.5, 0.6) is 0 Å². The van der Waals surface area contributed by atoms with Gasteiger partial charge in [-0.2, -0.15) is 0 Å². The molecule has 8 heteroatoms. The third-order valence-corrected chi connectivity index (χ3v) is 6.09. The molecule has 4 rings (SSSR count). The monoisotopic (exact) mass is 453 g/mol. The molecule has 0 spiro atoms. The van der Waals surface area contributed by atoms with Gasteiger partial charge in [0.15, 0.2) is 0 Å². The maximum atomic E-state index is 13.5. The number of nitrogens with one attached hydrogen (secondary N) is 2. The molecule has 1 aromatic carbocycles. The Hall–Kier alpha value is -3.06. The molecule has 0 aliphatic carbocycles. The number of piperazine rings is 1. The van der Waals surface area contributed by atoms with E-state index < -0.39 is 6.04 Å². The van der Waals surface area contributed by atoms with Gasteiger partial charge < -0.3 is 20.1 Å². The quantitative estimate of drug-likeness (QED) is 0.600. The average Bonchev–Trinajstić information content (AvgIpc) is 3.21. The van der Waals surface area contributed by atoms with Gasteiger partial charge in [0.1, 0.15) is 11.9 Å². The number of carbonyl (C=O) groups excluding carboxylic acids is 2. The van der Waals surface area contributed by atoms with Crippen LogP contribution in [0.1, 0.15) is 19.4 Å². The van der Waals surface area contributed by atoms with Crippen LogP contribution in [0.15, 0.2) is 48.8 Å². The second-order valence-electron chi connectivity index (χ2n) is 8.43. The number of hydrogen-bond acceptors (Lipinski definition) is 4. The number of nitrogens with zero attached hydrogens (tertiary/aromatic N) is 3. The van der Waals surface area contributed by atoms with Gasteiger partial charge in [0, 0.05) is 61.8 Å². The molecule has 1 unspecified atom stereocenters. The van der Waals surface area contributed by atoms with Gasteiger partial charge in [0.25, 0.3) is 0 Å². The second kappa shape index (κ2) is 9.61. The van der Waals surface area contributed by atoms with Gasteiger partial charge in [-0.05, 0) is 23.8 Å². The van der Waals surface area contributed by atoms with E-state index >= 15 is 0 Å². The lowest BCUT2D eigenvalue weighted by atomic mass is 10.0. The summed E-state index contributed by atoms with van der Waals surface area (Å²) in [6, 6.07) is 11.1. The first-order valence-electron chi connectivity index (χ1n) is 10.9. The van der Waals surface area contributed by atoms with Gasteiger partial charge in [-0.3, -0.25) is 9.59 Å². The van der Waals surface area contributed by atoms with Crippen molar-refractivity contribution in [3.05, 3.63) is 59.4 Å². The summed E-state index contributed by atoms with van der Waals surface area (Å²) in [6.07, 6.45) is 4.00. The number of H-pyrrole nitrogens is 1. The molecule has 3 heterocycles. The SMILES string of the molecule is CC(C)C(=O)NC(Cc1c[nH]c2ccccc12)C(=O)N1CCN(c2ccc(Cl)cn2)CC1. The van der Waals surface area contributed by atoms with Crippen LogP contribution >= 0.6 is 11.6 Å². The summed E-state index contributed by atoms with van der Waals surface area (Å²) in [5.74, 6) is 0.492. The molecule has 1 aliphatic rings. The van der Waals surface area contributed by atoms with E-state index in [2.05, 4.69) is 20.2 Å². The lowest BCUT2D eigenvalue weighted by Gasteiger charge is -2.37. The fourth-order valence-corrected chi connectivity index (χ4v) is 4.10. The van der Waals surface area contributed by atoms with Crippen LogP contribution in [0, 0.1) is 5.92 Å². The lowest BCUT2D eigenvalue weighted by molar-refractivity contribution is -0.137. The van der Waals surface area contributed by atoms with E-state index in [0.717, 1.165) is 22.3 Å². The number of rotatable bonds is 6. The van der Waals surface area contributed by atoms with Crippen LogP contribution in [0.3, 0.4) is 0 Å². The minimum atomic E-state index is -0.607. The zero-order valence-electron chi connectivity index (χ0n) is 18.3. The topological polar surface area (TPSA) is 81.3 Å². The number of aromatic amines is 1. The van der Waals surface area contributed by atoms with E-state index in [9.17, 15) is 9.59 Å². The van der Waals surface area contributed by atoms with E-state index in [-0.39, 0.29) is 17.7 Å². The highest BCUT2D eigenvalue weighted by molar-refractivity contribution is 6.30. The highest BCUT2D eigenvalue weighted by Gasteiger charge is 2.30. The summed E-state index contributed by atoms with van der Waals surface area (Å²) < 4.78 is 0. The number of halogens is 1. The number of fused-ring (bicyclic) bond motifs is 1. The number of benzene rings is 1. The summed E-state index contributed by atoms with van der Waals surface area (Å²) in [7, 11) is 0. The maximum absolute atomic E-state index is 13.5. The van der Waals surface area contributed by atoms with Crippen LogP contribution in [0.4, 0.5) is 5.82 Å². The summed E-state index contributed by atoms with van der Waals surface area (Å²) in [6.45, 7) is 6.17. The molecule has 1 fully saturated rings. The van der Waals surface area contributed by atoms with Crippen molar-refractivity contribution in [1.82, 2.24) is 20.2 Å². The van der Waals surface area contributed by atoms with Crippen molar-refractivity contribution in [3.8, 4) is 0 Å². The fraction of sp³-hybridized carbons (Fsp3) is 0.375. The Bertz CT molecular complexity index is 1090. The molecule has 2 N–H and O–H groups in total. The van der Waals surface area contributed by atoms with Crippen molar-refractivity contribution in [3.63, 3.8) is 0 Å². The highest BCUT2D eigenvalue weighted by Crippen LogP contribution is 2.21. The van der Waals surface area contributed by atoms with Crippen LogP contribution < -0.4 is 10.2 Å². The number of pyridine rings is 1. The highest BCUT2D eigenvalue weighted by atomic mass is 35.5. The second-order valence-corrected chi connectivity index (χ2v) is 8.86. The van der Waals surface area contributed by atoms with Gasteiger partial charge in [0.2, 0.25) is 11.8 Å². The van der Waals surface area contributed by atoms with Crippen LogP contribution in [0.2, 0.25) is 5.02 Å². The van der Waals surface area contributed by atoms with E-state index in [1.807, 2.05) is 61.3 Å². The predicted molar refractivity (Wildman–Crippen MR) is 127 cm³/mol. The summed E-state index contributed by atoms with van der Waals surface area (Å²) in [5.41, 5.74) is 2.04. The third-order valence-electron chi connectivity index (χ3n) is 5.87. The molecule has 1 saturated heterocycles. The number of para-hydroxylation sites is 1. The Morgan fingerprint density at radius 1 is 1.12 bits per heavy atom. The molecule has 1 atom stereocenters. The molecule has 168 valence electrons. The summed E-state index contributed by atoms with van der Waals surface area (Å²) in [4.78, 5) is 37.5. The number of aromatic nitrogens is 2. The van der Waals surface area contributed by atoms with E-state index in [1.165, 1.54) is 0 Å². The van der Waals surface area contributed by atoms with Gasteiger partial charge in [-0.1, -0.05) is 43.6 Å². The molecule has 32 heavy (non-hydrogen) atoms. The molecular weight excluding hydrogens is 426 g/mol. The van der Waals surface area contributed by atoms with Crippen molar-refractivity contribution < 1.29 is 9.59 Å². The maximum Gasteiger partial charge on any atom is 0.245 e. The van der Waals surface area contributed by atoms with Crippen molar-refractivity contribution >= 4 is 40.1 Å². The first-order valence-corrected chi connectivity index (χ1v) is 11.3. The fourth-order valence-electron chi connectivity index (χ4n) is 3.99. The van der Waals surface area contributed by atoms with Crippen molar-refractivity contribution in [2.24, 2.45) is 5.92 Å². The largest absolute Gasteiger partial charge is 0.361 e. The molecule has 7 nitrogen and oxygen atoms in total. The smallest absolute Gasteiger partial charge is 0.245 e. The standard InChI is InChI=1S/C24H28ClN5O2/c1-16(2)23(31)28-21(13-17-14-26-20-6-4-3-5-19(17)20)24(32)30-11-9-29(10-12-30)22-8-7-18(25)15-27-22/h3-8,14-16,21,26H,9-13H2,1-2H3,(H,28,31). The van der Waals surface area contributed by atoms with Gasteiger partial charge >= 0.3 is 0 Å². The molecule has 2 amide bonds. The zero-order chi connectivity index (χ0) is 22.7. The van der Waals surface area contributed by atoms with E-state index in [1.54, 1.807) is 6.20 Å². The molecule has 2 aromatic heterocycles. The molecule has 3 aromatic rings. The molecule has 0 saturated carbocycles. The lowest BCUT2D eigenvalue weighted by Crippen LogP contribution is -2.56. The van der Waals surface area contributed by atoms with Crippen molar-refractivity contribution in [2.75, 3.05) is 31.1 Å². The van der Waals surface area contributed by atoms with Crippen LogP contribution in [0.25, 0.3) is 10.9 Å². The number of amides is 2. The summed E-state index contributed by atoms with van der Waals surface area (Å²) in [5, 5.41) is 4.65. The first kappa shape index (κ1) is 22.1. The third kappa shape index (κ3) is 4.88. The molecule has 0 bridgehead atoms. The molecule has 1 aliphatic heterocycles. The van der Waals surface area contributed by atoms with E-state index in [4.69, 9.17) is 11.6 Å². The molecular formula is C24H28ClN5O2. The molecule has 0 radical (unpaired) electrons. The Kier molecular flexibility index (Phi) is 6.65. The Morgan fingerprint density at radius 2 is 1.88 bits per heavy atom. The minimum Gasteiger partial charge on any atom is -0.361 e. The van der Waals surface area contributed by atoms with Crippen LogP contribution in [-0.4, -0.2) is 58.9 Å². The number of hydrogen-bond donors (Lipinski definition) is 2. The van der Waals surface area contributed by atoms with Crippen LogP contribution in [-0.2, 0) is 16.0 Å². The van der Waals surface area contributed by atoms with Crippen molar-refractivity contribution in [1.29, 1.82) is 0 Å². The Labute approximate surface area is 192 Å². The predicted octanol–water partition coefficient (Wildman–Crippen LogP) is 3.25. The van der Waals surface area contributed by atoms with E-state index in [0.29, 0.717) is 37.6 Å². The minimum absolute atomic E-state index is 0.0482. The average molecular weight is 454 g/mol. The van der Waals surface area contributed by atoms with Gasteiger partial charge in [0.05, 0.1) is 5.02 Å². The zero-order valence-corrected chi connectivity index (χ0v) is 19.1. The number of anilines is 1. The Morgan fingerprint density at radius 3 is 2.56 bits per heavy atom. The van der Waals surface area contributed by atoms with Crippen molar-refractivity contribution in [2.45, 2.75) is 26.3 Å². The normalized spacial score (nSPS) is 15.2. The van der Waals surface area contributed by atoms with Gasteiger partial charge in [-0.15, -0.1) is 0 Å².